The van der Waals surface area contributed by atoms with E-state index in [9.17, 15) is 4.79 Å². The molecule has 0 saturated heterocycles. The van der Waals surface area contributed by atoms with E-state index in [1.54, 1.807) is 6.20 Å². The second-order valence-corrected chi connectivity index (χ2v) is 6.50. The fourth-order valence-electron chi connectivity index (χ4n) is 2.74. The van der Waals surface area contributed by atoms with Gasteiger partial charge in [0.25, 0.3) is 0 Å². The lowest BCUT2D eigenvalue weighted by molar-refractivity contribution is -0.115. The van der Waals surface area contributed by atoms with E-state index >= 15 is 0 Å². The summed E-state index contributed by atoms with van der Waals surface area (Å²) in [4.78, 5) is 10.9. The summed E-state index contributed by atoms with van der Waals surface area (Å²) in [5.41, 5.74) is 0. The second kappa shape index (κ2) is 19.0. The molecule has 2 nitrogen and oxygen atoms in total. The summed E-state index contributed by atoms with van der Waals surface area (Å²) in [6.45, 7) is 5.69. The predicted molar refractivity (Wildman–Crippen MR) is 102 cm³/mol. The third kappa shape index (κ3) is 18.9. The van der Waals surface area contributed by atoms with E-state index in [1.807, 2.05) is 6.08 Å². The van der Waals surface area contributed by atoms with E-state index < -0.39 is 0 Å². The lowest BCUT2D eigenvalue weighted by atomic mass is 10.0. The van der Waals surface area contributed by atoms with Crippen LogP contribution in [0.2, 0.25) is 0 Å². The molecule has 0 bridgehead atoms. The van der Waals surface area contributed by atoms with Crippen LogP contribution in [0.25, 0.3) is 0 Å². The maximum Gasteiger partial charge on any atom is 0.247 e. The molecular formula is C21H39NO. The third-order valence-corrected chi connectivity index (χ3v) is 4.25. The minimum Gasteiger partial charge on any atom is -0.329 e. The van der Waals surface area contributed by atoms with Gasteiger partial charge in [-0.1, -0.05) is 103 Å². The van der Waals surface area contributed by atoms with Crippen LogP contribution in [-0.2, 0) is 4.79 Å². The average Bonchev–Trinajstić information content (AvgIpc) is 2.57. The first kappa shape index (κ1) is 21.9. The minimum absolute atomic E-state index is 0.137. The molecule has 0 unspecified atom stereocenters. The Morgan fingerprint density at radius 3 is 1.65 bits per heavy atom. The van der Waals surface area contributed by atoms with Crippen LogP contribution in [0, 0.1) is 0 Å². The third-order valence-electron chi connectivity index (χ3n) is 4.25. The zero-order chi connectivity index (χ0) is 17.0. The van der Waals surface area contributed by atoms with E-state index in [2.05, 4.69) is 18.8 Å². The van der Waals surface area contributed by atoms with Crippen LogP contribution in [0.4, 0.5) is 0 Å². The lowest BCUT2D eigenvalue weighted by Crippen LogP contribution is -2.12. The van der Waals surface area contributed by atoms with E-state index in [0.29, 0.717) is 0 Å². The predicted octanol–water partition coefficient (Wildman–Crippen LogP) is 6.67. The molecule has 0 heterocycles. The molecule has 0 rings (SSSR count). The Bertz CT molecular complexity index is 296. The van der Waals surface area contributed by atoms with Crippen molar-refractivity contribution in [3.05, 3.63) is 24.9 Å². The van der Waals surface area contributed by atoms with Crippen molar-refractivity contribution in [2.75, 3.05) is 0 Å². The SMILES string of the molecule is C=CC(=O)NC=CCCCCCCCCCCCCCCCC. The Morgan fingerprint density at radius 1 is 0.783 bits per heavy atom. The van der Waals surface area contributed by atoms with Gasteiger partial charge in [0.2, 0.25) is 5.91 Å². The van der Waals surface area contributed by atoms with Crippen LogP contribution in [0.3, 0.4) is 0 Å². The number of carbonyl (C=O) groups excluding carboxylic acids is 1. The highest BCUT2D eigenvalue weighted by Crippen LogP contribution is 2.13. The lowest BCUT2D eigenvalue weighted by Gasteiger charge is -2.02. The normalized spacial score (nSPS) is 11.0. The largest absolute Gasteiger partial charge is 0.329 e. The number of hydrogen-bond acceptors (Lipinski definition) is 1. The summed E-state index contributed by atoms with van der Waals surface area (Å²) >= 11 is 0. The summed E-state index contributed by atoms with van der Waals surface area (Å²) in [7, 11) is 0. The number of nitrogens with one attached hydrogen (secondary N) is 1. The van der Waals surface area contributed by atoms with Crippen molar-refractivity contribution < 1.29 is 4.79 Å². The molecule has 1 amide bonds. The second-order valence-electron chi connectivity index (χ2n) is 6.50. The van der Waals surface area contributed by atoms with Gasteiger partial charge in [0.1, 0.15) is 0 Å². The van der Waals surface area contributed by atoms with Gasteiger partial charge in [0.05, 0.1) is 0 Å². The van der Waals surface area contributed by atoms with Gasteiger partial charge in [-0.3, -0.25) is 4.79 Å². The number of allylic oxidation sites excluding steroid dienone is 1. The van der Waals surface area contributed by atoms with Crippen molar-refractivity contribution in [2.45, 2.75) is 103 Å². The molecule has 0 spiro atoms. The average molecular weight is 322 g/mol. The molecule has 2 heteroatoms. The molecule has 0 atom stereocenters. The van der Waals surface area contributed by atoms with E-state index in [4.69, 9.17) is 0 Å². The van der Waals surface area contributed by atoms with Crippen molar-refractivity contribution >= 4 is 5.91 Å². The fourth-order valence-corrected chi connectivity index (χ4v) is 2.74. The number of amides is 1. The molecule has 0 radical (unpaired) electrons. The van der Waals surface area contributed by atoms with Gasteiger partial charge in [-0.25, -0.2) is 0 Å². The van der Waals surface area contributed by atoms with Crippen molar-refractivity contribution in [1.82, 2.24) is 5.32 Å². The highest BCUT2D eigenvalue weighted by molar-refractivity contribution is 5.87. The molecule has 0 aromatic heterocycles. The maximum absolute atomic E-state index is 10.9. The summed E-state index contributed by atoms with van der Waals surface area (Å²) in [5, 5.41) is 2.64. The van der Waals surface area contributed by atoms with Crippen LogP contribution in [0.5, 0.6) is 0 Å². The van der Waals surface area contributed by atoms with Crippen molar-refractivity contribution in [2.24, 2.45) is 0 Å². The standard InChI is InChI=1S/C21H39NO/c1-3-5-6-7-8-9-10-11-12-13-14-15-16-17-18-19-20-22-21(23)4-2/h4,19-20H,2-3,5-18H2,1H3,(H,22,23). The first-order chi connectivity index (χ1) is 11.3. The zero-order valence-corrected chi connectivity index (χ0v) is 15.5. The van der Waals surface area contributed by atoms with Gasteiger partial charge in [-0.2, -0.15) is 0 Å². The van der Waals surface area contributed by atoms with E-state index in [-0.39, 0.29) is 5.91 Å². The monoisotopic (exact) mass is 321 g/mol. The summed E-state index contributed by atoms with van der Waals surface area (Å²) < 4.78 is 0. The molecule has 0 saturated carbocycles. The van der Waals surface area contributed by atoms with Gasteiger partial charge < -0.3 is 5.32 Å². The topological polar surface area (TPSA) is 29.1 Å². The van der Waals surface area contributed by atoms with Gasteiger partial charge >= 0.3 is 0 Å². The van der Waals surface area contributed by atoms with Gasteiger partial charge in [-0.05, 0) is 18.9 Å². The Kier molecular flexibility index (Phi) is 18.1. The molecule has 134 valence electrons. The van der Waals surface area contributed by atoms with Crippen LogP contribution < -0.4 is 5.32 Å². The number of unbranched alkanes of at least 4 members (excludes halogenated alkanes) is 14. The zero-order valence-electron chi connectivity index (χ0n) is 15.5. The number of hydrogen-bond donors (Lipinski definition) is 1. The minimum atomic E-state index is -0.137. The summed E-state index contributed by atoms with van der Waals surface area (Å²) in [5.74, 6) is -0.137. The highest BCUT2D eigenvalue weighted by Gasteiger charge is 1.93. The quantitative estimate of drug-likeness (QED) is 0.235. The summed E-state index contributed by atoms with van der Waals surface area (Å²) in [6, 6.07) is 0. The van der Waals surface area contributed by atoms with Crippen molar-refractivity contribution in [3.63, 3.8) is 0 Å². The van der Waals surface area contributed by atoms with Crippen LogP contribution in [0.15, 0.2) is 24.9 Å². The molecule has 1 N–H and O–H groups in total. The Hall–Kier alpha value is -1.05. The van der Waals surface area contributed by atoms with E-state index in [1.165, 1.54) is 96.0 Å². The molecule has 0 aliphatic carbocycles. The van der Waals surface area contributed by atoms with E-state index in [0.717, 1.165) is 6.42 Å². The first-order valence-electron chi connectivity index (χ1n) is 9.89. The van der Waals surface area contributed by atoms with Crippen molar-refractivity contribution in [3.8, 4) is 0 Å². The first-order valence-corrected chi connectivity index (χ1v) is 9.89. The molecule has 0 aliphatic heterocycles. The van der Waals surface area contributed by atoms with Gasteiger partial charge in [0.15, 0.2) is 0 Å². The summed E-state index contributed by atoms with van der Waals surface area (Å²) in [6.07, 6.45) is 25.6. The Labute approximate surface area is 144 Å². The number of rotatable bonds is 17. The fraction of sp³-hybridized carbons (Fsp3) is 0.762. The maximum atomic E-state index is 10.9. The van der Waals surface area contributed by atoms with Crippen LogP contribution in [-0.4, -0.2) is 5.91 Å². The smallest absolute Gasteiger partial charge is 0.247 e. The molecular weight excluding hydrogens is 282 g/mol. The van der Waals surface area contributed by atoms with Crippen LogP contribution >= 0.6 is 0 Å². The molecule has 23 heavy (non-hydrogen) atoms. The van der Waals surface area contributed by atoms with Gasteiger partial charge in [-0.15, -0.1) is 0 Å². The molecule has 0 aromatic carbocycles. The van der Waals surface area contributed by atoms with Gasteiger partial charge in [0, 0.05) is 6.20 Å². The number of carbonyl (C=O) groups is 1. The van der Waals surface area contributed by atoms with Crippen LogP contribution in [0.1, 0.15) is 103 Å². The highest BCUT2D eigenvalue weighted by atomic mass is 16.1. The molecule has 0 fully saturated rings. The Balaban J connectivity index is 3.08. The molecule has 0 aliphatic rings. The molecule has 0 aromatic rings. The Morgan fingerprint density at radius 2 is 1.22 bits per heavy atom. The van der Waals surface area contributed by atoms with Crippen molar-refractivity contribution in [1.29, 1.82) is 0 Å².